The Morgan fingerprint density at radius 1 is 0.949 bits per heavy atom. The molecule has 0 saturated heterocycles. The molecule has 6 nitrogen and oxygen atoms in total. The van der Waals surface area contributed by atoms with Crippen LogP contribution in [0.15, 0.2) is 72.8 Å². The molecule has 0 radical (unpaired) electrons. The number of carbonyl (C=O) groups excluding carboxylic acids is 2. The van der Waals surface area contributed by atoms with Gasteiger partial charge in [0.05, 0.1) is 16.9 Å². The third-order valence-corrected chi connectivity index (χ3v) is 7.90. The summed E-state index contributed by atoms with van der Waals surface area (Å²) < 4.78 is 0. The van der Waals surface area contributed by atoms with Crippen molar-refractivity contribution in [2.24, 2.45) is 0 Å². The number of rotatable bonds is 6. The zero-order chi connectivity index (χ0) is 27.7. The summed E-state index contributed by atoms with van der Waals surface area (Å²) in [5, 5.41) is 7.14. The van der Waals surface area contributed by atoms with Gasteiger partial charge in [0, 0.05) is 28.2 Å². The quantitative estimate of drug-likeness (QED) is 0.205. The number of anilines is 2. The van der Waals surface area contributed by atoms with Crippen molar-refractivity contribution in [3.05, 3.63) is 111 Å². The van der Waals surface area contributed by atoms with Gasteiger partial charge in [-0.1, -0.05) is 71.8 Å². The van der Waals surface area contributed by atoms with Crippen molar-refractivity contribution in [1.29, 1.82) is 0 Å². The SMILES string of the molecule is Cc1ccc(NC(=O)c2c(C)nc3sc(C(=O)NCc4ccccc4)c(N)c3c2-c2ccc(Cl)cc2)c(C)c1. The van der Waals surface area contributed by atoms with Gasteiger partial charge in [0.25, 0.3) is 11.8 Å². The number of thiophene rings is 1. The van der Waals surface area contributed by atoms with E-state index in [0.717, 1.165) is 22.3 Å². The Balaban J connectivity index is 1.62. The van der Waals surface area contributed by atoms with Crippen LogP contribution in [0.4, 0.5) is 11.4 Å². The first-order valence-corrected chi connectivity index (χ1v) is 13.6. The molecule has 5 aromatic rings. The number of nitrogens with zero attached hydrogens (tertiary/aromatic N) is 1. The Bertz CT molecular complexity index is 1710. The second kappa shape index (κ2) is 10.9. The second-order valence-electron chi connectivity index (χ2n) is 9.42. The average molecular weight is 555 g/mol. The molecule has 0 fully saturated rings. The molecule has 0 unspecified atom stereocenters. The van der Waals surface area contributed by atoms with Gasteiger partial charge in [-0.05, 0) is 55.7 Å². The Labute approximate surface area is 235 Å². The van der Waals surface area contributed by atoms with Crippen LogP contribution in [0, 0.1) is 20.8 Å². The number of carbonyl (C=O) groups is 2. The topological polar surface area (TPSA) is 97.1 Å². The lowest BCUT2D eigenvalue weighted by molar-refractivity contribution is 0.0955. The minimum absolute atomic E-state index is 0.290. The number of aromatic nitrogens is 1. The highest BCUT2D eigenvalue weighted by Gasteiger charge is 2.27. The number of nitrogen functional groups attached to an aromatic ring is 1. The van der Waals surface area contributed by atoms with Gasteiger partial charge >= 0.3 is 0 Å². The fourth-order valence-corrected chi connectivity index (χ4v) is 5.81. The summed E-state index contributed by atoms with van der Waals surface area (Å²) in [7, 11) is 0. The van der Waals surface area contributed by atoms with Gasteiger partial charge in [-0.3, -0.25) is 9.59 Å². The van der Waals surface area contributed by atoms with Crippen molar-refractivity contribution in [2.75, 3.05) is 11.1 Å². The van der Waals surface area contributed by atoms with E-state index >= 15 is 0 Å². The van der Waals surface area contributed by atoms with Gasteiger partial charge in [0.15, 0.2) is 0 Å². The molecule has 0 aliphatic carbocycles. The fourth-order valence-electron chi connectivity index (χ4n) is 4.61. The van der Waals surface area contributed by atoms with Crippen LogP contribution in [0.25, 0.3) is 21.3 Å². The molecule has 0 bridgehead atoms. The van der Waals surface area contributed by atoms with Gasteiger partial charge in [0.2, 0.25) is 0 Å². The maximum atomic E-state index is 13.8. The van der Waals surface area contributed by atoms with Crippen molar-refractivity contribution < 1.29 is 9.59 Å². The monoisotopic (exact) mass is 554 g/mol. The highest BCUT2D eigenvalue weighted by atomic mass is 35.5. The number of benzene rings is 3. The Hall–Kier alpha value is -4.20. The molecule has 2 amide bonds. The van der Waals surface area contributed by atoms with Gasteiger partial charge in [-0.15, -0.1) is 11.3 Å². The predicted octanol–water partition coefficient (Wildman–Crippen LogP) is 7.31. The van der Waals surface area contributed by atoms with Crippen molar-refractivity contribution in [1.82, 2.24) is 10.3 Å². The van der Waals surface area contributed by atoms with Crippen LogP contribution >= 0.6 is 22.9 Å². The number of fused-ring (bicyclic) bond motifs is 1. The minimum Gasteiger partial charge on any atom is -0.397 e. The van der Waals surface area contributed by atoms with E-state index < -0.39 is 0 Å². The molecule has 0 spiro atoms. The third kappa shape index (κ3) is 5.37. The number of hydrogen-bond acceptors (Lipinski definition) is 5. The van der Waals surface area contributed by atoms with Gasteiger partial charge in [-0.25, -0.2) is 4.98 Å². The first-order valence-electron chi connectivity index (χ1n) is 12.4. The van der Waals surface area contributed by atoms with Crippen molar-refractivity contribution in [3.8, 4) is 11.1 Å². The summed E-state index contributed by atoms with van der Waals surface area (Å²) in [6.07, 6.45) is 0. The molecule has 0 aliphatic heterocycles. The molecule has 8 heteroatoms. The number of nitrogens with one attached hydrogen (secondary N) is 2. The number of nitrogens with two attached hydrogens (primary N) is 1. The number of pyridine rings is 1. The minimum atomic E-state index is -0.306. The summed E-state index contributed by atoms with van der Waals surface area (Å²) in [6.45, 7) is 6.12. The fraction of sp³-hybridized carbons (Fsp3) is 0.129. The van der Waals surface area contributed by atoms with E-state index in [4.69, 9.17) is 22.3 Å². The van der Waals surface area contributed by atoms with E-state index in [1.807, 2.05) is 74.5 Å². The number of hydrogen-bond donors (Lipinski definition) is 3. The number of amides is 2. The summed E-state index contributed by atoms with van der Waals surface area (Å²) in [4.78, 5) is 32.7. The van der Waals surface area contributed by atoms with Crippen molar-refractivity contribution in [2.45, 2.75) is 27.3 Å². The number of halogens is 1. The molecule has 3 aromatic carbocycles. The molecule has 2 aromatic heterocycles. The first kappa shape index (κ1) is 26.4. The summed E-state index contributed by atoms with van der Waals surface area (Å²) in [5.74, 6) is -0.597. The Kier molecular flexibility index (Phi) is 7.37. The zero-order valence-corrected chi connectivity index (χ0v) is 23.3. The van der Waals surface area contributed by atoms with E-state index in [-0.39, 0.29) is 11.8 Å². The van der Waals surface area contributed by atoms with Gasteiger partial charge < -0.3 is 16.4 Å². The predicted molar refractivity (Wildman–Crippen MR) is 161 cm³/mol. The lowest BCUT2D eigenvalue weighted by Gasteiger charge is -2.16. The van der Waals surface area contributed by atoms with E-state index in [0.29, 0.717) is 54.9 Å². The average Bonchev–Trinajstić information content (AvgIpc) is 3.24. The maximum Gasteiger partial charge on any atom is 0.263 e. The lowest BCUT2D eigenvalue weighted by atomic mass is 9.94. The molecule has 4 N–H and O–H groups in total. The maximum absolute atomic E-state index is 13.8. The molecule has 0 atom stereocenters. The summed E-state index contributed by atoms with van der Waals surface area (Å²) in [5.41, 5.74) is 13.0. The summed E-state index contributed by atoms with van der Waals surface area (Å²) in [6, 6.07) is 22.7. The number of aryl methyl sites for hydroxylation is 3. The molecular formula is C31H27ClN4O2S. The molecule has 5 rings (SSSR count). The van der Waals surface area contributed by atoms with Crippen LogP contribution in [-0.2, 0) is 6.54 Å². The molecule has 0 aliphatic rings. The highest BCUT2D eigenvalue weighted by Crippen LogP contribution is 2.42. The lowest BCUT2D eigenvalue weighted by Crippen LogP contribution is -2.22. The van der Waals surface area contributed by atoms with E-state index in [9.17, 15) is 9.59 Å². The van der Waals surface area contributed by atoms with Crippen molar-refractivity contribution in [3.63, 3.8) is 0 Å². The van der Waals surface area contributed by atoms with E-state index in [2.05, 4.69) is 10.6 Å². The molecule has 196 valence electrons. The van der Waals surface area contributed by atoms with E-state index in [1.165, 1.54) is 11.3 Å². The molecule has 0 saturated carbocycles. The van der Waals surface area contributed by atoms with Crippen LogP contribution in [0.2, 0.25) is 5.02 Å². The molecular weight excluding hydrogens is 528 g/mol. The van der Waals surface area contributed by atoms with Crippen LogP contribution in [-0.4, -0.2) is 16.8 Å². The van der Waals surface area contributed by atoms with Crippen LogP contribution in [0.5, 0.6) is 0 Å². The van der Waals surface area contributed by atoms with Crippen LogP contribution in [0.3, 0.4) is 0 Å². The standard InChI is InChI=1S/C31H27ClN4O2S/c1-17-9-14-23(18(2)15-17)36-29(37)24-19(3)35-31-26(25(24)21-10-12-22(32)13-11-21)27(33)28(39-31)30(38)34-16-20-7-5-4-6-8-20/h4-15H,16,33H2,1-3H3,(H,34,38)(H,36,37). The molecule has 2 heterocycles. The highest BCUT2D eigenvalue weighted by molar-refractivity contribution is 7.21. The Morgan fingerprint density at radius 2 is 1.67 bits per heavy atom. The molecule has 39 heavy (non-hydrogen) atoms. The van der Waals surface area contributed by atoms with Gasteiger partial charge in [0.1, 0.15) is 9.71 Å². The second-order valence-corrected chi connectivity index (χ2v) is 10.9. The van der Waals surface area contributed by atoms with Crippen LogP contribution < -0.4 is 16.4 Å². The zero-order valence-electron chi connectivity index (χ0n) is 21.8. The Morgan fingerprint density at radius 3 is 2.36 bits per heavy atom. The largest absolute Gasteiger partial charge is 0.397 e. The first-order chi connectivity index (χ1) is 18.7. The van der Waals surface area contributed by atoms with E-state index in [1.54, 1.807) is 19.1 Å². The van der Waals surface area contributed by atoms with Crippen LogP contribution in [0.1, 0.15) is 42.4 Å². The van der Waals surface area contributed by atoms with Gasteiger partial charge in [-0.2, -0.15) is 0 Å². The summed E-state index contributed by atoms with van der Waals surface area (Å²) >= 11 is 7.40. The third-order valence-electron chi connectivity index (χ3n) is 6.55. The normalized spacial score (nSPS) is 11.0. The van der Waals surface area contributed by atoms with Crippen molar-refractivity contribution >= 4 is 56.3 Å². The smallest absolute Gasteiger partial charge is 0.263 e.